The number of carbonyl (C=O) groups is 1. The summed E-state index contributed by atoms with van der Waals surface area (Å²) in [6.45, 7) is 3.61. The van der Waals surface area contributed by atoms with E-state index in [0.717, 1.165) is 37.3 Å². The van der Waals surface area contributed by atoms with Gasteiger partial charge in [-0.3, -0.25) is 9.78 Å². The summed E-state index contributed by atoms with van der Waals surface area (Å²) >= 11 is 0. The number of nitrogens with zero attached hydrogens (tertiary/aromatic N) is 3. The van der Waals surface area contributed by atoms with Crippen LogP contribution in [0.25, 0.3) is 0 Å². The summed E-state index contributed by atoms with van der Waals surface area (Å²) < 4.78 is 5.95. The van der Waals surface area contributed by atoms with E-state index in [1.54, 1.807) is 12.4 Å². The summed E-state index contributed by atoms with van der Waals surface area (Å²) in [5.74, 6) is 1.53. The number of ether oxygens (including phenoxy) is 1. The van der Waals surface area contributed by atoms with Crippen LogP contribution in [0, 0.1) is 0 Å². The molecule has 1 saturated heterocycles. The van der Waals surface area contributed by atoms with Crippen molar-refractivity contribution in [2.24, 2.45) is 0 Å². The number of hydrogen-bond donors (Lipinski definition) is 1. The van der Waals surface area contributed by atoms with Gasteiger partial charge in [0.1, 0.15) is 11.4 Å². The number of nitrogens with one attached hydrogen (secondary N) is 1. The summed E-state index contributed by atoms with van der Waals surface area (Å²) in [5, 5.41) is 2.74. The molecule has 0 spiro atoms. The minimum atomic E-state index is -0.0952. The molecule has 126 valence electrons. The van der Waals surface area contributed by atoms with E-state index < -0.39 is 0 Å². The van der Waals surface area contributed by atoms with Crippen molar-refractivity contribution in [1.82, 2.24) is 14.9 Å². The molecule has 1 aromatic carbocycles. The molecule has 24 heavy (non-hydrogen) atoms. The first kappa shape index (κ1) is 16.4. The lowest BCUT2D eigenvalue weighted by molar-refractivity contribution is -0.114. The molecule has 2 aromatic rings. The Kier molecular flexibility index (Phi) is 5.05. The number of piperidine rings is 1. The number of rotatable bonds is 4. The highest BCUT2D eigenvalue weighted by molar-refractivity contribution is 5.88. The van der Waals surface area contributed by atoms with E-state index in [2.05, 4.69) is 27.2 Å². The van der Waals surface area contributed by atoms with Gasteiger partial charge in [0, 0.05) is 30.9 Å². The van der Waals surface area contributed by atoms with Gasteiger partial charge in [0.25, 0.3) is 0 Å². The van der Waals surface area contributed by atoms with E-state index in [-0.39, 0.29) is 5.91 Å². The average Bonchev–Trinajstić information content (AvgIpc) is 2.58. The summed E-state index contributed by atoms with van der Waals surface area (Å²) in [4.78, 5) is 22.3. The van der Waals surface area contributed by atoms with Crippen LogP contribution in [-0.2, 0) is 4.79 Å². The Hall–Kier alpha value is -2.47. The maximum absolute atomic E-state index is 11.1. The molecular weight excluding hydrogens is 304 g/mol. The largest absolute Gasteiger partial charge is 0.437 e. The smallest absolute Gasteiger partial charge is 0.241 e. The van der Waals surface area contributed by atoms with Crippen LogP contribution in [0.4, 0.5) is 5.69 Å². The fourth-order valence-corrected chi connectivity index (χ4v) is 2.90. The molecule has 6 heteroatoms. The first-order valence-electron chi connectivity index (χ1n) is 8.17. The Labute approximate surface area is 141 Å². The molecule has 0 saturated carbocycles. The number of carbonyl (C=O) groups excluding carboxylic acids is 1. The van der Waals surface area contributed by atoms with E-state index in [1.165, 1.54) is 6.92 Å². The van der Waals surface area contributed by atoms with Gasteiger partial charge in [-0.15, -0.1) is 0 Å². The van der Waals surface area contributed by atoms with E-state index in [0.29, 0.717) is 17.5 Å². The van der Waals surface area contributed by atoms with Crippen LogP contribution < -0.4 is 10.1 Å². The predicted molar refractivity (Wildman–Crippen MR) is 92.3 cm³/mol. The third-order valence-electron chi connectivity index (χ3n) is 4.19. The van der Waals surface area contributed by atoms with Gasteiger partial charge in [0.05, 0.1) is 0 Å². The van der Waals surface area contributed by atoms with Crippen LogP contribution >= 0.6 is 0 Å². The Bertz CT molecular complexity index is 694. The Morgan fingerprint density at radius 2 is 1.83 bits per heavy atom. The van der Waals surface area contributed by atoms with E-state index in [4.69, 9.17) is 4.74 Å². The zero-order valence-corrected chi connectivity index (χ0v) is 14.0. The second-order valence-electron chi connectivity index (χ2n) is 6.13. The maximum Gasteiger partial charge on any atom is 0.241 e. The van der Waals surface area contributed by atoms with Crippen LogP contribution in [0.1, 0.15) is 31.4 Å². The van der Waals surface area contributed by atoms with Gasteiger partial charge in [-0.25, -0.2) is 4.98 Å². The van der Waals surface area contributed by atoms with Crippen molar-refractivity contribution in [3.8, 4) is 11.6 Å². The van der Waals surface area contributed by atoms with Gasteiger partial charge >= 0.3 is 0 Å². The van der Waals surface area contributed by atoms with Gasteiger partial charge in [0.2, 0.25) is 11.8 Å². The number of aromatic nitrogens is 2. The minimum absolute atomic E-state index is 0.0952. The van der Waals surface area contributed by atoms with Crippen LogP contribution in [0.2, 0.25) is 0 Å². The average molecular weight is 326 g/mol. The SMILES string of the molecule is CC(=O)Nc1ccc(Oc2nccnc2C2CCN(C)CC2)cc1. The normalized spacial score (nSPS) is 15.9. The molecule has 1 aliphatic heterocycles. The van der Waals surface area contributed by atoms with Crippen molar-refractivity contribution in [1.29, 1.82) is 0 Å². The molecule has 3 rings (SSSR count). The molecule has 1 amide bonds. The quantitative estimate of drug-likeness (QED) is 0.935. The Morgan fingerprint density at radius 3 is 2.50 bits per heavy atom. The van der Waals surface area contributed by atoms with Crippen LogP contribution in [0.3, 0.4) is 0 Å². The van der Waals surface area contributed by atoms with E-state index in [1.807, 2.05) is 24.3 Å². The van der Waals surface area contributed by atoms with Gasteiger partial charge in [-0.05, 0) is 57.2 Å². The lowest BCUT2D eigenvalue weighted by Crippen LogP contribution is -2.29. The third kappa shape index (κ3) is 4.08. The van der Waals surface area contributed by atoms with E-state index >= 15 is 0 Å². The predicted octanol–water partition coefficient (Wildman–Crippen LogP) is 3.04. The first-order chi connectivity index (χ1) is 11.6. The molecule has 1 aliphatic rings. The Balaban J connectivity index is 1.74. The van der Waals surface area contributed by atoms with Gasteiger partial charge in [0.15, 0.2) is 0 Å². The number of amides is 1. The number of likely N-dealkylation sites (tertiary alicyclic amines) is 1. The molecule has 1 N–H and O–H groups in total. The van der Waals surface area contributed by atoms with Crippen LogP contribution in [0.5, 0.6) is 11.6 Å². The highest BCUT2D eigenvalue weighted by Gasteiger charge is 2.23. The number of hydrogen-bond acceptors (Lipinski definition) is 5. The molecule has 1 aromatic heterocycles. The highest BCUT2D eigenvalue weighted by atomic mass is 16.5. The maximum atomic E-state index is 11.1. The summed E-state index contributed by atoms with van der Waals surface area (Å²) in [7, 11) is 2.14. The van der Waals surface area contributed by atoms with Crippen molar-refractivity contribution in [2.45, 2.75) is 25.7 Å². The van der Waals surface area contributed by atoms with Crippen molar-refractivity contribution >= 4 is 11.6 Å². The standard InChI is InChI=1S/C18H22N4O2/c1-13(23)21-15-3-5-16(6-4-15)24-18-17(19-9-10-20-18)14-7-11-22(2)12-8-14/h3-6,9-10,14H,7-8,11-12H2,1-2H3,(H,21,23). The minimum Gasteiger partial charge on any atom is -0.437 e. The molecule has 0 bridgehead atoms. The lowest BCUT2D eigenvalue weighted by Gasteiger charge is -2.28. The third-order valence-corrected chi connectivity index (χ3v) is 4.19. The number of anilines is 1. The zero-order chi connectivity index (χ0) is 16.9. The summed E-state index contributed by atoms with van der Waals surface area (Å²) in [6, 6.07) is 7.25. The zero-order valence-electron chi connectivity index (χ0n) is 14.0. The van der Waals surface area contributed by atoms with Gasteiger partial charge < -0.3 is 15.0 Å². The van der Waals surface area contributed by atoms with Crippen LogP contribution in [-0.4, -0.2) is 40.9 Å². The number of benzene rings is 1. The molecular formula is C18H22N4O2. The summed E-state index contributed by atoms with van der Waals surface area (Å²) in [5.41, 5.74) is 1.67. The van der Waals surface area contributed by atoms with E-state index in [9.17, 15) is 4.79 Å². The fourth-order valence-electron chi connectivity index (χ4n) is 2.90. The van der Waals surface area contributed by atoms with Crippen LogP contribution in [0.15, 0.2) is 36.7 Å². The molecule has 2 heterocycles. The topological polar surface area (TPSA) is 67.3 Å². The molecule has 0 atom stereocenters. The molecule has 0 aliphatic carbocycles. The van der Waals surface area contributed by atoms with Gasteiger partial charge in [-0.1, -0.05) is 0 Å². The summed E-state index contributed by atoms with van der Waals surface area (Å²) in [6.07, 6.45) is 5.50. The lowest BCUT2D eigenvalue weighted by atomic mass is 9.94. The van der Waals surface area contributed by atoms with Crippen molar-refractivity contribution in [3.63, 3.8) is 0 Å². The van der Waals surface area contributed by atoms with Crippen molar-refractivity contribution in [3.05, 3.63) is 42.4 Å². The molecule has 6 nitrogen and oxygen atoms in total. The first-order valence-corrected chi connectivity index (χ1v) is 8.17. The van der Waals surface area contributed by atoms with Crippen molar-refractivity contribution in [2.75, 3.05) is 25.5 Å². The van der Waals surface area contributed by atoms with Crippen molar-refractivity contribution < 1.29 is 9.53 Å². The molecule has 0 unspecified atom stereocenters. The second-order valence-corrected chi connectivity index (χ2v) is 6.13. The van der Waals surface area contributed by atoms with Gasteiger partial charge in [-0.2, -0.15) is 0 Å². The second kappa shape index (κ2) is 7.40. The Morgan fingerprint density at radius 1 is 1.17 bits per heavy atom. The molecule has 0 radical (unpaired) electrons. The highest BCUT2D eigenvalue weighted by Crippen LogP contribution is 2.33. The monoisotopic (exact) mass is 326 g/mol. The molecule has 1 fully saturated rings. The fraction of sp³-hybridized carbons (Fsp3) is 0.389.